The van der Waals surface area contributed by atoms with Crippen LogP contribution in [0, 0.1) is 0 Å². The molecule has 2 heterocycles. The third-order valence-electron chi connectivity index (χ3n) is 6.16. The van der Waals surface area contributed by atoms with Crippen LogP contribution in [0.4, 0.5) is 11.4 Å². The average Bonchev–Trinajstić information content (AvgIpc) is 3.09. The summed E-state index contributed by atoms with van der Waals surface area (Å²) in [5.41, 5.74) is 2.61. The highest BCUT2D eigenvalue weighted by atomic mass is 79.9. The maximum absolute atomic E-state index is 13.2. The fraction of sp³-hybridized carbons (Fsp3) is 0.435. The van der Waals surface area contributed by atoms with Gasteiger partial charge < -0.3 is 9.80 Å². The van der Waals surface area contributed by atoms with Crippen LogP contribution < -0.4 is 14.5 Å². The molecule has 2 aromatic rings. The third kappa shape index (κ3) is 4.85. The second-order valence-electron chi connectivity index (χ2n) is 8.42. The summed E-state index contributed by atoms with van der Waals surface area (Å²) in [5, 5.41) is 0. The maximum Gasteiger partial charge on any atom is 0.242 e. The highest BCUT2D eigenvalue weighted by Crippen LogP contribution is 2.40. The summed E-state index contributed by atoms with van der Waals surface area (Å²) in [6, 6.07) is 13.8. The predicted molar refractivity (Wildman–Crippen MR) is 131 cm³/mol. The van der Waals surface area contributed by atoms with Gasteiger partial charge in [0.05, 0.1) is 5.69 Å². The van der Waals surface area contributed by atoms with E-state index in [1.165, 1.54) is 12.6 Å². The van der Waals surface area contributed by atoms with Gasteiger partial charge >= 0.3 is 0 Å². The van der Waals surface area contributed by atoms with Crippen molar-refractivity contribution in [1.29, 1.82) is 0 Å². The molecule has 1 atom stereocenters. The third-order valence-corrected chi connectivity index (χ3v) is 8.09. The summed E-state index contributed by atoms with van der Waals surface area (Å²) in [7, 11) is -3.76. The van der Waals surface area contributed by atoms with Gasteiger partial charge in [-0.3, -0.25) is 9.69 Å². The van der Waals surface area contributed by atoms with Crippen LogP contribution in [0.2, 0.25) is 0 Å². The highest BCUT2D eigenvalue weighted by molar-refractivity contribution is 9.10. The lowest BCUT2D eigenvalue weighted by molar-refractivity contribution is -0.116. The lowest BCUT2D eigenvalue weighted by atomic mass is 10.1. The molecule has 1 fully saturated rings. The average molecular weight is 521 g/mol. The van der Waals surface area contributed by atoms with Crippen LogP contribution in [-0.2, 0) is 21.2 Å². The zero-order valence-corrected chi connectivity index (χ0v) is 20.8. The summed E-state index contributed by atoms with van der Waals surface area (Å²) in [6.45, 7) is 8.00. The Hall–Kier alpha value is -1.94. The molecule has 2 aromatic carbocycles. The van der Waals surface area contributed by atoms with Crippen molar-refractivity contribution in [3.63, 3.8) is 0 Å². The topological polar surface area (TPSA) is 73.0 Å². The normalized spacial score (nSPS) is 19.3. The fourth-order valence-corrected chi connectivity index (χ4v) is 6.58. The molecule has 4 rings (SSSR count). The van der Waals surface area contributed by atoms with Gasteiger partial charge in [-0.15, -0.1) is 0 Å². The van der Waals surface area contributed by atoms with Gasteiger partial charge in [0.15, 0.2) is 0 Å². The number of hydrogen-bond donors (Lipinski definition) is 1. The number of amides is 1. The number of rotatable bonds is 6. The number of carbonyl (C=O) groups excluding carboxylic acids is 1. The molecular weight excluding hydrogens is 492 g/mol. The summed E-state index contributed by atoms with van der Waals surface area (Å²) in [6.07, 6.45) is 0.641. The molecule has 7 nitrogen and oxygen atoms in total. The number of nitrogens with one attached hydrogen (secondary N) is 1. The number of fused-ring (bicyclic) bond motifs is 1. The van der Waals surface area contributed by atoms with Gasteiger partial charge in [-0.2, -0.15) is 0 Å². The van der Waals surface area contributed by atoms with Crippen LogP contribution in [0.3, 0.4) is 0 Å². The van der Waals surface area contributed by atoms with Crippen LogP contribution in [0.15, 0.2) is 51.8 Å². The minimum absolute atomic E-state index is 0.0633. The van der Waals surface area contributed by atoms with Gasteiger partial charge in [0.1, 0.15) is 4.90 Å². The van der Waals surface area contributed by atoms with E-state index in [9.17, 15) is 13.2 Å². The second-order valence-corrected chi connectivity index (χ2v) is 11.1. The van der Waals surface area contributed by atoms with E-state index in [4.69, 9.17) is 0 Å². The first-order valence-electron chi connectivity index (χ1n) is 10.9. The van der Waals surface area contributed by atoms with Crippen molar-refractivity contribution in [3.8, 4) is 0 Å². The van der Waals surface area contributed by atoms with Crippen molar-refractivity contribution >= 4 is 43.2 Å². The summed E-state index contributed by atoms with van der Waals surface area (Å²) < 4.78 is 29.9. The van der Waals surface area contributed by atoms with E-state index in [0.717, 1.165) is 31.7 Å². The lowest BCUT2D eigenvalue weighted by Gasteiger charge is -2.36. The highest BCUT2D eigenvalue weighted by Gasteiger charge is 2.35. The molecule has 0 bridgehead atoms. The first-order chi connectivity index (χ1) is 15.3. The first kappa shape index (κ1) is 23.2. The van der Waals surface area contributed by atoms with E-state index in [-0.39, 0.29) is 16.8 Å². The van der Waals surface area contributed by atoms with Gasteiger partial charge in [-0.25, -0.2) is 13.1 Å². The van der Waals surface area contributed by atoms with E-state index in [2.05, 4.69) is 42.6 Å². The molecule has 0 spiro atoms. The Morgan fingerprint density at radius 1 is 1.12 bits per heavy atom. The van der Waals surface area contributed by atoms with Crippen LogP contribution in [0.1, 0.15) is 19.4 Å². The molecule has 32 heavy (non-hydrogen) atoms. The minimum Gasteiger partial charge on any atom is -0.369 e. The smallest absolute Gasteiger partial charge is 0.242 e. The quantitative estimate of drug-likeness (QED) is 0.633. The number of halogens is 1. The van der Waals surface area contributed by atoms with Gasteiger partial charge in [-0.1, -0.05) is 34.1 Å². The van der Waals surface area contributed by atoms with E-state index in [0.29, 0.717) is 29.7 Å². The molecule has 0 radical (unpaired) electrons. The van der Waals surface area contributed by atoms with Crippen molar-refractivity contribution in [2.24, 2.45) is 0 Å². The monoisotopic (exact) mass is 520 g/mol. The van der Waals surface area contributed by atoms with E-state index in [1.807, 2.05) is 31.2 Å². The molecule has 9 heteroatoms. The number of para-hydroxylation sites is 1. The predicted octanol–water partition coefficient (Wildman–Crippen LogP) is 2.85. The van der Waals surface area contributed by atoms with Crippen molar-refractivity contribution < 1.29 is 13.2 Å². The summed E-state index contributed by atoms with van der Waals surface area (Å²) in [4.78, 5) is 18.6. The molecule has 0 saturated carbocycles. The Labute approximate surface area is 198 Å². The lowest BCUT2D eigenvalue weighted by Crippen LogP contribution is -2.48. The largest absolute Gasteiger partial charge is 0.369 e. The van der Waals surface area contributed by atoms with Crippen LogP contribution in [0.5, 0.6) is 0 Å². The van der Waals surface area contributed by atoms with Gasteiger partial charge in [0, 0.05) is 62.4 Å². The molecular formula is C23H29BrN4O3S. The number of carbonyl (C=O) groups is 1. The molecule has 1 amide bonds. The van der Waals surface area contributed by atoms with E-state index in [1.54, 1.807) is 11.0 Å². The maximum atomic E-state index is 13.2. The Morgan fingerprint density at radius 2 is 1.81 bits per heavy atom. The van der Waals surface area contributed by atoms with Crippen molar-refractivity contribution in [1.82, 2.24) is 9.62 Å². The Bertz CT molecular complexity index is 1090. The Morgan fingerprint density at radius 3 is 2.47 bits per heavy atom. The summed E-state index contributed by atoms with van der Waals surface area (Å²) in [5.74, 6) is -0.147. The summed E-state index contributed by atoms with van der Waals surface area (Å²) >= 11 is 3.43. The zero-order valence-electron chi connectivity index (χ0n) is 18.4. The van der Waals surface area contributed by atoms with E-state index < -0.39 is 10.0 Å². The number of benzene rings is 2. The van der Waals surface area contributed by atoms with E-state index >= 15 is 0 Å². The number of piperazine rings is 1. The number of sulfonamides is 1. The van der Waals surface area contributed by atoms with Gasteiger partial charge in [-0.05, 0) is 43.2 Å². The molecule has 0 unspecified atom stereocenters. The minimum atomic E-state index is -3.76. The van der Waals surface area contributed by atoms with Crippen LogP contribution in [-0.4, -0.2) is 64.5 Å². The van der Waals surface area contributed by atoms with Crippen molar-refractivity contribution in [2.75, 3.05) is 49.1 Å². The van der Waals surface area contributed by atoms with Crippen LogP contribution >= 0.6 is 15.9 Å². The fourth-order valence-electron chi connectivity index (χ4n) is 4.64. The van der Waals surface area contributed by atoms with Gasteiger partial charge in [0.2, 0.25) is 15.9 Å². The Kier molecular flexibility index (Phi) is 6.90. The van der Waals surface area contributed by atoms with Crippen molar-refractivity contribution in [3.05, 3.63) is 52.5 Å². The van der Waals surface area contributed by atoms with Crippen LogP contribution in [0.25, 0.3) is 0 Å². The Balaban J connectivity index is 1.39. The van der Waals surface area contributed by atoms with Crippen molar-refractivity contribution in [2.45, 2.75) is 31.2 Å². The molecule has 172 valence electrons. The molecule has 0 aromatic heterocycles. The molecule has 2 aliphatic heterocycles. The first-order valence-corrected chi connectivity index (χ1v) is 13.2. The standard InChI is InChI=1S/C23H29BrN4O3S/c1-17-14-19-15-20(24)16-22(23(19)28(17)18(2)29)32(30,31)25-8-9-26-10-12-27(13-11-26)21-6-4-3-5-7-21/h3-7,15-17,25H,8-14H2,1-2H3/t17-/m1/s1. The zero-order chi connectivity index (χ0) is 22.9. The molecule has 0 aliphatic carbocycles. The van der Waals surface area contributed by atoms with Gasteiger partial charge in [0.25, 0.3) is 0 Å². The number of anilines is 2. The second kappa shape index (κ2) is 9.51. The molecule has 1 N–H and O–H groups in total. The molecule has 1 saturated heterocycles. The number of hydrogen-bond acceptors (Lipinski definition) is 5. The number of nitrogens with zero attached hydrogens (tertiary/aromatic N) is 3. The SMILES string of the molecule is CC(=O)N1c2c(cc(Br)cc2S(=O)(=O)NCCN2CCN(c3ccccc3)CC2)C[C@H]1C. The molecule has 2 aliphatic rings.